The molecule has 0 aliphatic rings. The third kappa shape index (κ3) is 1.93. The van der Waals surface area contributed by atoms with E-state index in [-0.39, 0.29) is 11.4 Å². The van der Waals surface area contributed by atoms with Crippen LogP contribution < -0.4 is 0 Å². The molecule has 1 heterocycles. The van der Waals surface area contributed by atoms with Crippen LogP contribution >= 0.6 is 0 Å². The van der Waals surface area contributed by atoms with Crippen LogP contribution in [0.5, 0.6) is 0 Å². The summed E-state index contributed by atoms with van der Waals surface area (Å²) in [5.74, 6) is 0.212. The topological polar surface area (TPSA) is 69.2 Å². The molecule has 1 aromatic heterocycles. The van der Waals surface area contributed by atoms with Gasteiger partial charge in [0.25, 0.3) is 0 Å². The van der Waals surface area contributed by atoms with Gasteiger partial charge in [-0.25, -0.2) is 0 Å². The molecule has 0 aliphatic heterocycles. The largest absolute Gasteiger partial charge is 0.349 e. The molecular formula is C8H10N2O3. The summed E-state index contributed by atoms with van der Waals surface area (Å²) in [6.07, 6.45) is 4.15. The molecular weight excluding hydrogens is 172 g/mol. The molecule has 13 heavy (non-hydrogen) atoms. The third-order valence-corrected chi connectivity index (χ3v) is 1.54. The molecule has 1 aromatic rings. The lowest BCUT2D eigenvalue weighted by molar-refractivity contribution is -0.386. The van der Waals surface area contributed by atoms with Crippen molar-refractivity contribution in [3.05, 3.63) is 27.6 Å². The van der Waals surface area contributed by atoms with Gasteiger partial charge >= 0.3 is 5.69 Å². The predicted octanol–water partition coefficient (Wildman–Crippen LogP) is 2.31. The maximum absolute atomic E-state index is 10.5. The van der Waals surface area contributed by atoms with Gasteiger partial charge in [0.05, 0.1) is 4.92 Å². The molecule has 0 saturated heterocycles. The highest BCUT2D eigenvalue weighted by molar-refractivity contribution is 5.56. The summed E-state index contributed by atoms with van der Waals surface area (Å²) in [5.41, 5.74) is 0.255. The molecule has 0 aliphatic carbocycles. The Morgan fingerprint density at radius 3 is 2.92 bits per heavy atom. The molecule has 0 unspecified atom stereocenters. The molecule has 0 fully saturated rings. The zero-order chi connectivity index (χ0) is 9.84. The number of hydrogen-bond donors (Lipinski definition) is 0. The van der Waals surface area contributed by atoms with E-state index in [0.29, 0.717) is 5.69 Å². The van der Waals surface area contributed by atoms with Gasteiger partial charge in [-0.3, -0.25) is 10.1 Å². The second-order valence-corrected chi connectivity index (χ2v) is 2.55. The van der Waals surface area contributed by atoms with Gasteiger partial charge in [-0.05, 0) is 19.4 Å². The first kappa shape index (κ1) is 9.44. The van der Waals surface area contributed by atoms with Crippen LogP contribution in [0.1, 0.15) is 24.8 Å². The number of rotatable bonds is 3. The predicted molar refractivity (Wildman–Crippen MR) is 47.2 cm³/mol. The van der Waals surface area contributed by atoms with Gasteiger partial charge in [0, 0.05) is 0 Å². The summed E-state index contributed by atoms with van der Waals surface area (Å²) >= 11 is 0. The van der Waals surface area contributed by atoms with Crippen LogP contribution in [0.3, 0.4) is 0 Å². The Labute approximate surface area is 75.2 Å². The van der Waals surface area contributed by atoms with Gasteiger partial charge in [0.1, 0.15) is 0 Å². The monoisotopic (exact) mass is 182 g/mol. The van der Waals surface area contributed by atoms with E-state index in [1.165, 1.54) is 0 Å². The highest BCUT2D eigenvalue weighted by atomic mass is 16.6. The Morgan fingerprint density at radius 2 is 2.38 bits per heavy atom. The van der Waals surface area contributed by atoms with E-state index >= 15 is 0 Å². The summed E-state index contributed by atoms with van der Waals surface area (Å²) in [6, 6.07) is 0. The minimum atomic E-state index is -0.485. The van der Waals surface area contributed by atoms with E-state index in [4.69, 9.17) is 4.52 Å². The first-order valence-corrected chi connectivity index (χ1v) is 3.94. The van der Waals surface area contributed by atoms with Crippen molar-refractivity contribution in [3.8, 4) is 0 Å². The standard InChI is InChI=1S/C8H10N2O3/c1-3-4-5-7-8(10(11)12)6(2)9-13-7/h4-5H,3H2,1-2H3. The fourth-order valence-corrected chi connectivity index (χ4v) is 0.939. The first-order chi connectivity index (χ1) is 6.16. The number of hydrogen-bond acceptors (Lipinski definition) is 4. The summed E-state index contributed by atoms with van der Waals surface area (Å²) in [4.78, 5) is 10.1. The molecule has 5 heteroatoms. The molecule has 0 bridgehead atoms. The summed E-state index contributed by atoms with van der Waals surface area (Å²) < 4.78 is 4.78. The second-order valence-electron chi connectivity index (χ2n) is 2.55. The Hall–Kier alpha value is -1.65. The van der Waals surface area contributed by atoms with Gasteiger partial charge in [0.15, 0.2) is 5.69 Å². The lowest BCUT2D eigenvalue weighted by Crippen LogP contribution is -1.89. The summed E-state index contributed by atoms with van der Waals surface area (Å²) in [7, 11) is 0. The average molecular weight is 182 g/mol. The van der Waals surface area contributed by atoms with Crippen molar-refractivity contribution >= 4 is 11.8 Å². The van der Waals surface area contributed by atoms with E-state index in [2.05, 4.69) is 5.16 Å². The van der Waals surface area contributed by atoms with E-state index in [0.717, 1.165) is 6.42 Å². The minimum Gasteiger partial charge on any atom is -0.349 e. The van der Waals surface area contributed by atoms with Crippen LogP contribution in [0.15, 0.2) is 10.6 Å². The van der Waals surface area contributed by atoms with Gasteiger partial charge in [-0.2, -0.15) is 0 Å². The van der Waals surface area contributed by atoms with Crippen molar-refractivity contribution in [2.24, 2.45) is 0 Å². The molecule has 0 radical (unpaired) electrons. The maximum Gasteiger partial charge on any atom is 0.338 e. The van der Waals surface area contributed by atoms with E-state index in [1.54, 1.807) is 19.1 Å². The number of nitro groups is 1. The lowest BCUT2D eigenvalue weighted by atomic mass is 10.3. The fourth-order valence-electron chi connectivity index (χ4n) is 0.939. The van der Waals surface area contributed by atoms with E-state index < -0.39 is 4.92 Å². The third-order valence-electron chi connectivity index (χ3n) is 1.54. The van der Waals surface area contributed by atoms with Crippen LogP contribution in [0, 0.1) is 17.0 Å². The molecule has 0 amide bonds. The van der Waals surface area contributed by atoms with Crippen LogP contribution in [-0.4, -0.2) is 10.1 Å². The molecule has 0 aromatic carbocycles. The highest BCUT2D eigenvalue weighted by Gasteiger charge is 2.21. The van der Waals surface area contributed by atoms with Crippen LogP contribution in [0.2, 0.25) is 0 Å². The van der Waals surface area contributed by atoms with Crippen molar-refractivity contribution in [2.75, 3.05) is 0 Å². The van der Waals surface area contributed by atoms with Crippen LogP contribution in [-0.2, 0) is 0 Å². The first-order valence-electron chi connectivity index (χ1n) is 3.94. The number of allylic oxidation sites excluding steroid dienone is 1. The smallest absolute Gasteiger partial charge is 0.338 e. The Bertz CT molecular complexity index is 341. The zero-order valence-electron chi connectivity index (χ0n) is 7.48. The fraction of sp³-hybridized carbons (Fsp3) is 0.375. The quantitative estimate of drug-likeness (QED) is 0.531. The highest BCUT2D eigenvalue weighted by Crippen LogP contribution is 2.23. The van der Waals surface area contributed by atoms with Gasteiger partial charge in [-0.1, -0.05) is 18.2 Å². The number of aromatic nitrogens is 1. The van der Waals surface area contributed by atoms with Crippen LogP contribution in [0.25, 0.3) is 6.08 Å². The zero-order valence-corrected chi connectivity index (χ0v) is 7.48. The normalized spacial score (nSPS) is 10.9. The van der Waals surface area contributed by atoms with E-state index in [9.17, 15) is 10.1 Å². The minimum absolute atomic E-state index is 0.0512. The number of aryl methyl sites for hydroxylation is 1. The molecule has 5 nitrogen and oxygen atoms in total. The Balaban J connectivity index is 3.07. The lowest BCUT2D eigenvalue weighted by Gasteiger charge is -1.86. The van der Waals surface area contributed by atoms with Crippen molar-refractivity contribution < 1.29 is 9.45 Å². The number of nitrogens with zero attached hydrogens (tertiary/aromatic N) is 2. The molecule has 0 spiro atoms. The van der Waals surface area contributed by atoms with Crippen molar-refractivity contribution in [1.29, 1.82) is 0 Å². The maximum atomic E-state index is 10.5. The summed E-state index contributed by atoms with van der Waals surface area (Å²) in [6.45, 7) is 3.48. The average Bonchev–Trinajstić information content (AvgIpc) is 2.43. The van der Waals surface area contributed by atoms with Crippen molar-refractivity contribution in [1.82, 2.24) is 5.16 Å². The Morgan fingerprint density at radius 1 is 1.69 bits per heavy atom. The van der Waals surface area contributed by atoms with Crippen molar-refractivity contribution in [3.63, 3.8) is 0 Å². The van der Waals surface area contributed by atoms with Gasteiger partial charge in [-0.15, -0.1) is 0 Å². The van der Waals surface area contributed by atoms with Crippen molar-refractivity contribution in [2.45, 2.75) is 20.3 Å². The molecule has 0 N–H and O–H groups in total. The van der Waals surface area contributed by atoms with Gasteiger partial charge in [0.2, 0.25) is 5.76 Å². The molecule has 1 rings (SSSR count). The molecule has 70 valence electrons. The summed E-state index contributed by atoms with van der Waals surface area (Å²) in [5, 5.41) is 14.1. The molecule has 0 saturated carbocycles. The molecule has 0 atom stereocenters. The van der Waals surface area contributed by atoms with Crippen LogP contribution in [0.4, 0.5) is 5.69 Å². The second kappa shape index (κ2) is 3.84. The van der Waals surface area contributed by atoms with Gasteiger partial charge < -0.3 is 4.52 Å². The Kier molecular flexibility index (Phi) is 2.79. The van der Waals surface area contributed by atoms with E-state index in [1.807, 2.05) is 6.92 Å². The SMILES string of the molecule is CCC=Cc1onc(C)c1[N+](=O)[O-].